The number of nitrogens with zero attached hydrogens (tertiary/aromatic N) is 2. The highest BCUT2D eigenvalue weighted by atomic mass is 32.2. The average molecular weight is 270 g/mol. The van der Waals surface area contributed by atoms with Gasteiger partial charge in [-0.15, -0.1) is 0 Å². The number of thioether (sulfide) groups is 1. The van der Waals surface area contributed by atoms with Crippen molar-refractivity contribution in [3.05, 3.63) is 18.0 Å². The van der Waals surface area contributed by atoms with Crippen molar-refractivity contribution in [3.8, 4) is 0 Å². The van der Waals surface area contributed by atoms with Gasteiger partial charge in [-0.3, -0.25) is 9.59 Å². The van der Waals surface area contributed by atoms with Crippen LogP contribution in [0.2, 0.25) is 0 Å². The van der Waals surface area contributed by atoms with Crippen LogP contribution in [0.25, 0.3) is 0 Å². The third kappa shape index (κ3) is 7.75. The molecule has 1 aromatic heterocycles. The Bertz CT molecular complexity index is 385. The van der Waals surface area contributed by atoms with Crippen molar-refractivity contribution < 1.29 is 9.59 Å². The predicted molar refractivity (Wildman–Crippen MR) is 71.3 cm³/mol. The molecule has 0 fully saturated rings. The first-order valence-corrected chi connectivity index (χ1v) is 6.45. The number of rotatable bonds is 5. The normalized spacial score (nSPS) is 11.1. The molecule has 0 unspecified atom stereocenters. The molecule has 1 aromatic rings. The van der Waals surface area contributed by atoms with Crippen molar-refractivity contribution in [1.29, 1.82) is 0 Å². The highest BCUT2D eigenvalue weighted by Gasteiger charge is 1.97. The van der Waals surface area contributed by atoms with Gasteiger partial charge in [0, 0.05) is 11.9 Å². The highest BCUT2D eigenvalue weighted by molar-refractivity contribution is 7.99. The predicted octanol–water partition coefficient (Wildman–Crippen LogP) is 0.610. The van der Waals surface area contributed by atoms with Gasteiger partial charge in [-0.25, -0.2) is 9.97 Å². The van der Waals surface area contributed by atoms with E-state index in [0.29, 0.717) is 10.9 Å². The molecule has 18 heavy (non-hydrogen) atoms. The zero-order valence-electron chi connectivity index (χ0n) is 10.5. The first-order chi connectivity index (χ1) is 8.51. The first-order valence-electron chi connectivity index (χ1n) is 5.47. The summed E-state index contributed by atoms with van der Waals surface area (Å²) in [6.07, 6.45) is 3.42. The quantitative estimate of drug-likeness (QED) is 0.460. The maximum Gasteiger partial charge on any atom is 0.234 e. The Morgan fingerprint density at radius 1 is 1.61 bits per heavy atom. The van der Waals surface area contributed by atoms with E-state index >= 15 is 0 Å². The van der Waals surface area contributed by atoms with Gasteiger partial charge in [-0.2, -0.15) is 0 Å². The summed E-state index contributed by atoms with van der Waals surface area (Å²) in [5, 5.41) is 0.682. The van der Waals surface area contributed by atoms with Crippen LogP contribution in [0.15, 0.2) is 17.4 Å². The van der Waals surface area contributed by atoms with Crippen molar-refractivity contribution in [2.45, 2.75) is 31.5 Å². The van der Waals surface area contributed by atoms with Crippen LogP contribution in [-0.4, -0.2) is 34.0 Å². The lowest BCUT2D eigenvalue weighted by Gasteiger charge is -1.96. The Morgan fingerprint density at radius 3 is 2.67 bits per heavy atom. The molecule has 1 atom stereocenters. The lowest BCUT2D eigenvalue weighted by atomic mass is 10.4. The van der Waals surface area contributed by atoms with Crippen LogP contribution in [0.3, 0.4) is 0 Å². The van der Waals surface area contributed by atoms with E-state index in [9.17, 15) is 9.59 Å². The number of primary amides is 1. The number of carbonyl (C=O) groups is 2. The number of amides is 1. The van der Waals surface area contributed by atoms with E-state index < -0.39 is 11.9 Å². The summed E-state index contributed by atoms with van der Waals surface area (Å²) in [6.45, 7) is 3.64. The number of aldehydes is 1. The molecule has 0 aliphatic carbocycles. The molecule has 100 valence electrons. The van der Waals surface area contributed by atoms with Crippen molar-refractivity contribution in [1.82, 2.24) is 9.97 Å². The Labute approximate surface area is 111 Å². The summed E-state index contributed by atoms with van der Waals surface area (Å²) in [4.78, 5) is 28.2. The van der Waals surface area contributed by atoms with E-state index in [1.807, 2.05) is 0 Å². The summed E-state index contributed by atoms with van der Waals surface area (Å²) in [7, 11) is 0. The Hall–Kier alpha value is -1.47. The number of nitrogens with two attached hydrogens (primary N) is 2. The number of carbonyl (C=O) groups excluding carboxylic acids is 2. The molecular formula is C11H18N4O2S. The first kappa shape index (κ1) is 16.5. The zero-order chi connectivity index (χ0) is 14.0. The Balaban J connectivity index is 0.000000411. The minimum Gasteiger partial charge on any atom is -0.368 e. The molecule has 7 heteroatoms. The van der Waals surface area contributed by atoms with E-state index in [0.717, 1.165) is 18.5 Å². The van der Waals surface area contributed by atoms with Crippen molar-refractivity contribution in [3.63, 3.8) is 0 Å². The second-order valence-corrected chi connectivity index (χ2v) is 4.48. The van der Waals surface area contributed by atoms with Gasteiger partial charge in [0.2, 0.25) is 5.91 Å². The molecule has 6 nitrogen and oxygen atoms in total. The number of aromatic nitrogens is 2. The second-order valence-electron chi connectivity index (χ2n) is 3.42. The third-order valence-corrected chi connectivity index (χ3v) is 2.73. The monoisotopic (exact) mass is 270 g/mol. The van der Waals surface area contributed by atoms with Crippen LogP contribution in [0.4, 0.5) is 0 Å². The van der Waals surface area contributed by atoms with E-state index in [-0.39, 0.29) is 0 Å². The lowest BCUT2D eigenvalue weighted by Crippen LogP contribution is -2.32. The Kier molecular flexibility index (Phi) is 8.77. The molecule has 0 bridgehead atoms. The van der Waals surface area contributed by atoms with Crippen molar-refractivity contribution in [2.75, 3.05) is 5.75 Å². The largest absolute Gasteiger partial charge is 0.368 e. The van der Waals surface area contributed by atoms with Crippen molar-refractivity contribution in [2.24, 2.45) is 11.5 Å². The molecule has 1 heterocycles. The summed E-state index contributed by atoms with van der Waals surface area (Å²) in [5.41, 5.74) is 10.1. The molecule has 1 amide bonds. The number of hydrogen-bond acceptors (Lipinski definition) is 6. The SMILES string of the molecule is CCCSc1nccc(C=O)n1.C[C@H](N)C(N)=O. The van der Waals surface area contributed by atoms with E-state index in [1.165, 1.54) is 0 Å². The molecule has 0 aliphatic heterocycles. The second kappa shape index (κ2) is 9.55. The molecule has 0 saturated carbocycles. The molecule has 0 radical (unpaired) electrons. The van der Waals surface area contributed by atoms with Gasteiger partial charge in [-0.1, -0.05) is 18.7 Å². The van der Waals surface area contributed by atoms with E-state index in [4.69, 9.17) is 5.73 Å². The smallest absolute Gasteiger partial charge is 0.234 e. The maximum absolute atomic E-state index is 10.3. The average Bonchev–Trinajstić information content (AvgIpc) is 2.37. The van der Waals surface area contributed by atoms with Gasteiger partial charge in [-0.05, 0) is 19.4 Å². The summed E-state index contributed by atoms with van der Waals surface area (Å²) in [6, 6.07) is 1.09. The Morgan fingerprint density at radius 2 is 2.22 bits per heavy atom. The summed E-state index contributed by atoms with van der Waals surface area (Å²) < 4.78 is 0. The fraction of sp³-hybridized carbons (Fsp3) is 0.455. The molecular weight excluding hydrogens is 252 g/mol. The lowest BCUT2D eigenvalue weighted by molar-refractivity contribution is -0.118. The summed E-state index contributed by atoms with van der Waals surface area (Å²) >= 11 is 1.57. The maximum atomic E-state index is 10.3. The van der Waals surface area contributed by atoms with E-state index in [1.54, 1.807) is 30.9 Å². The van der Waals surface area contributed by atoms with Crippen molar-refractivity contribution >= 4 is 24.0 Å². The topological polar surface area (TPSA) is 112 Å². The zero-order valence-corrected chi connectivity index (χ0v) is 11.3. The van der Waals surface area contributed by atoms with Crippen LogP contribution in [0, 0.1) is 0 Å². The minimum atomic E-state index is -0.509. The highest BCUT2D eigenvalue weighted by Crippen LogP contribution is 2.12. The minimum absolute atomic E-state index is 0.448. The molecule has 4 N–H and O–H groups in total. The van der Waals surface area contributed by atoms with Gasteiger partial charge in [0.1, 0.15) is 5.69 Å². The molecule has 0 aromatic carbocycles. The van der Waals surface area contributed by atoms with E-state index in [2.05, 4.69) is 22.6 Å². The molecule has 0 spiro atoms. The van der Waals surface area contributed by atoms with Gasteiger partial charge >= 0.3 is 0 Å². The number of hydrogen-bond donors (Lipinski definition) is 2. The van der Waals surface area contributed by atoms with Gasteiger partial charge in [0.25, 0.3) is 0 Å². The van der Waals surface area contributed by atoms with Crippen LogP contribution in [0.5, 0.6) is 0 Å². The van der Waals surface area contributed by atoms with Gasteiger partial charge in [0.05, 0.1) is 6.04 Å². The summed E-state index contributed by atoms with van der Waals surface area (Å²) in [5.74, 6) is 0.525. The third-order valence-electron chi connectivity index (χ3n) is 1.66. The molecule has 1 rings (SSSR count). The van der Waals surface area contributed by atoms with Gasteiger partial charge < -0.3 is 11.5 Å². The van der Waals surface area contributed by atoms with Crippen LogP contribution in [0.1, 0.15) is 30.8 Å². The fourth-order valence-electron chi connectivity index (χ4n) is 0.682. The van der Waals surface area contributed by atoms with Crippen LogP contribution >= 0.6 is 11.8 Å². The standard InChI is InChI=1S/C8H10N2OS.C3H8N2O/c1-2-5-12-8-9-4-3-7(6-11)10-8;1-2(4)3(5)6/h3-4,6H,2,5H2,1H3;2H,4H2,1H3,(H2,5,6)/t;2-/m.0/s1. The molecule has 0 saturated heterocycles. The van der Waals surface area contributed by atoms with Crippen LogP contribution < -0.4 is 11.5 Å². The fourth-order valence-corrected chi connectivity index (χ4v) is 1.37. The molecule has 0 aliphatic rings. The van der Waals surface area contributed by atoms with Crippen LogP contribution in [-0.2, 0) is 4.79 Å². The van der Waals surface area contributed by atoms with Gasteiger partial charge in [0.15, 0.2) is 11.4 Å².